The first-order valence-corrected chi connectivity index (χ1v) is 5.84. The topological polar surface area (TPSA) is 43.1 Å². The fourth-order valence-corrected chi connectivity index (χ4v) is 1.56. The van der Waals surface area contributed by atoms with E-state index in [-0.39, 0.29) is 5.41 Å². The molecule has 0 atom stereocenters. The van der Waals surface area contributed by atoms with E-state index in [9.17, 15) is 4.79 Å². The molecule has 0 aromatic rings. The van der Waals surface area contributed by atoms with Crippen LogP contribution < -0.4 is 5.73 Å². The first-order valence-electron chi connectivity index (χ1n) is 5.84. The molecule has 0 aromatic heterocycles. The smallest absolute Gasteiger partial charge is 0.132 e. The van der Waals surface area contributed by atoms with Crippen LogP contribution in [-0.2, 0) is 4.79 Å². The van der Waals surface area contributed by atoms with Crippen LogP contribution in [0.4, 0.5) is 0 Å². The average molecular weight is 211 g/mol. The summed E-state index contributed by atoms with van der Waals surface area (Å²) < 4.78 is 0. The first-order chi connectivity index (χ1) is 7.02. The fourth-order valence-electron chi connectivity index (χ4n) is 1.56. The molecule has 0 aliphatic carbocycles. The van der Waals surface area contributed by atoms with Gasteiger partial charge in [0.25, 0.3) is 0 Å². The van der Waals surface area contributed by atoms with Crippen LogP contribution in [0, 0.1) is 5.41 Å². The van der Waals surface area contributed by atoms with Crippen molar-refractivity contribution in [1.29, 1.82) is 0 Å². The highest BCUT2D eigenvalue weighted by molar-refractivity contribution is 5.78. The molecule has 0 saturated heterocycles. The Morgan fingerprint density at radius 2 is 2.00 bits per heavy atom. The van der Waals surface area contributed by atoms with Crippen molar-refractivity contribution in [3.8, 4) is 0 Å². The second-order valence-electron chi connectivity index (χ2n) is 4.92. The van der Waals surface area contributed by atoms with Gasteiger partial charge in [-0.05, 0) is 37.6 Å². The number of carbonyl (C=O) groups is 1. The Morgan fingerprint density at radius 1 is 1.33 bits per heavy atom. The summed E-state index contributed by atoms with van der Waals surface area (Å²) in [5.41, 5.74) is 5.73. The minimum atomic E-state index is 0.211. The van der Waals surface area contributed by atoms with Crippen molar-refractivity contribution in [2.75, 3.05) is 6.54 Å². The average Bonchev–Trinajstić information content (AvgIpc) is 2.15. The molecule has 0 aliphatic rings. The predicted molar refractivity (Wildman–Crippen MR) is 65.7 cm³/mol. The van der Waals surface area contributed by atoms with Gasteiger partial charge in [-0.25, -0.2) is 0 Å². The van der Waals surface area contributed by atoms with Crippen LogP contribution in [0.3, 0.4) is 0 Å². The van der Waals surface area contributed by atoms with Crippen molar-refractivity contribution in [2.24, 2.45) is 11.1 Å². The van der Waals surface area contributed by atoms with Crippen molar-refractivity contribution in [3.63, 3.8) is 0 Å². The lowest BCUT2D eigenvalue weighted by molar-refractivity contribution is -0.119. The summed E-state index contributed by atoms with van der Waals surface area (Å²) in [6, 6.07) is 0. The van der Waals surface area contributed by atoms with Gasteiger partial charge in [-0.2, -0.15) is 0 Å². The third kappa shape index (κ3) is 8.37. The van der Waals surface area contributed by atoms with E-state index >= 15 is 0 Å². The molecule has 0 unspecified atom stereocenters. The highest BCUT2D eigenvalue weighted by atomic mass is 16.1. The number of hydrogen-bond donors (Lipinski definition) is 1. The Bertz CT molecular complexity index is 197. The molecule has 0 rings (SSSR count). The normalized spacial score (nSPS) is 11.4. The van der Waals surface area contributed by atoms with Gasteiger partial charge in [0.15, 0.2) is 0 Å². The maximum atomic E-state index is 11.5. The molecule has 0 radical (unpaired) electrons. The van der Waals surface area contributed by atoms with Gasteiger partial charge in [-0.1, -0.05) is 19.9 Å². The van der Waals surface area contributed by atoms with Gasteiger partial charge >= 0.3 is 0 Å². The minimum absolute atomic E-state index is 0.211. The van der Waals surface area contributed by atoms with Crippen LogP contribution in [0.5, 0.6) is 0 Å². The maximum absolute atomic E-state index is 11.5. The minimum Gasteiger partial charge on any atom is -0.330 e. The maximum Gasteiger partial charge on any atom is 0.132 e. The number of nitrogens with two attached hydrogens (primary N) is 1. The van der Waals surface area contributed by atoms with Gasteiger partial charge in [-0.3, -0.25) is 4.79 Å². The van der Waals surface area contributed by atoms with Crippen LogP contribution in [0.15, 0.2) is 12.7 Å². The van der Waals surface area contributed by atoms with E-state index < -0.39 is 0 Å². The number of hydrogen-bond acceptors (Lipinski definition) is 2. The lowest BCUT2D eigenvalue weighted by atomic mass is 9.83. The van der Waals surface area contributed by atoms with Crippen LogP contribution in [-0.4, -0.2) is 12.3 Å². The lowest BCUT2D eigenvalue weighted by Crippen LogP contribution is -2.18. The van der Waals surface area contributed by atoms with Crippen molar-refractivity contribution in [2.45, 2.75) is 52.4 Å². The van der Waals surface area contributed by atoms with Gasteiger partial charge < -0.3 is 5.73 Å². The van der Waals surface area contributed by atoms with Crippen LogP contribution >= 0.6 is 0 Å². The lowest BCUT2D eigenvalue weighted by Gasteiger charge is -2.23. The van der Waals surface area contributed by atoms with Gasteiger partial charge in [0.2, 0.25) is 0 Å². The Balaban J connectivity index is 3.65. The number of rotatable bonds is 9. The summed E-state index contributed by atoms with van der Waals surface area (Å²) in [5, 5.41) is 0. The van der Waals surface area contributed by atoms with Crippen molar-refractivity contribution in [1.82, 2.24) is 0 Å². The summed E-state index contributed by atoms with van der Waals surface area (Å²) in [6.45, 7) is 8.70. The van der Waals surface area contributed by atoms with E-state index in [2.05, 4.69) is 20.4 Å². The number of allylic oxidation sites excluding steroid dienone is 1. The molecule has 0 bridgehead atoms. The highest BCUT2D eigenvalue weighted by Gasteiger charge is 2.17. The van der Waals surface area contributed by atoms with Gasteiger partial charge in [0.1, 0.15) is 5.78 Å². The van der Waals surface area contributed by atoms with E-state index in [1.54, 1.807) is 0 Å². The summed E-state index contributed by atoms with van der Waals surface area (Å²) in [6.07, 6.45) is 7.10. The van der Waals surface area contributed by atoms with Crippen LogP contribution in [0.2, 0.25) is 0 Å². The highest BCUT2D eigenvalue weighted by Crippen LogP contribution is 2.26. The fraction of sp³-hybridized carbons (Fsp3) is 0.769. The zero-order valence-corrected chi connectivity index (χ0v) is 10.2. The van der Waals surface area contributed by atoms with E-state index in [4.69, 9.17) is 5.73 Å². The second-order valence-corrected chi connectivity index (χ2v) is 4.92. The molecule has 0 saturated carbocycles. The largest absolute Gasteiger partial charge is 0.330 e. The molecule has 15 heavy (non-hydrogen) atoms. The molecule has 0 aliphatic heterocycles. The predicted octanol–water partition coefficient (Wildman–Crippen LogP) is 3.07. The number of carbonyl (C=O) groups excluding carboxylic acids is 1. The van der Waals surface area contributed by atoms with E-state index in [1.807, 2.05) is 6.08 Å². The molecule has 2 N–H and O–H groups in total. The molecule has 0 spiro atoms. The summed E-state index contributed by atoms with van der Waals surface area (Å²) in [4.78, 5) is 11.5. The van der Waals surface area contributed by atoms with E-state index in [1.165, 1.54) is 0 Å². The SMILES string of the molecule is C=CCCCC(=O)CCC(C)(C)CCN. The molecule has 2 nitrogen and oxygen atoms in total. The molecular formula is C13H25NO. The zero-order valence-electron chi connectivity index (χ0n) is 10.2. The van der Waals surface area contributed by atoms with Crippen molar-refractivity contribution >= 4 is 5.78 Å². The van der Waals surface area contributed by atoms with Crippen LogP contribution in [0.1, 0.15) is 52.4 Å². The molecular weight excluding hydrogens is 186 g/mol. The number of unbranched alkanes of at least 4 members (excludes halogenated alkanes) is 1. The molecule has 2 heteroatoms. The monoisotopic (exact) mass is 211 g/mol. The summed E-state index contributed by atoms with van der Waals surface area (Å²) in [5.74, 6) is 0.377. The summed E-state index contributed by atoms with van der Waals surface area (Å²) in [7, 11) is 0. The third-order valence-corrected chi connectivity index (χ3v) is 2.77. The zero-order chi connectivity index (χ0) is 11.7. The van der Waals surface area contributed by atoms with Gasteiger partial charge in [-0.15, -0.1) is 6.58 Å². The third-order valence-electron chi connectivity index (χ3n) is 2.77. The summed E-state index contributed by atoms with van der Waals surface area (Å²) >= 11 is 0. The quantitative estimate of drug-likeness (QED) is 0.470. The molecule has 0 amide bonds. The van der Waals surface area contributed by atoms with E-state index in [0.29, 0.717) is 25.2 Å². The van der Waals surface area contributed by atoms with E-state index in [0.717, 1.165) is 25.7 Å². The van der Waals surface area contributed by atoms with Crippen molar-refractivity contribution < 1.29 is 4.79 Å². The van der Waals surface area contributed by atoms with Gasteiger partial charge in [0, 0.05) is 12.8 Å². The first kappa shape index (κ1) is 14.4. The Hall–Kier alpha value is -0.630. The van der Waals surface area contributed by atoms with Crippen molar-refractivity contribution in [3.05, 3.63) is 12.7 Å². The Labute approximate surface area is 93.9 Å². The molecule has 0 heterocycles. The Kier molecular flexibility index (Phi) is 7.31. The molecule has 0 fully saturated rings. The Morgan fingerprint density at radius 3 is 2.53 bits per heavy atom. The standard InChI is InChI=1S/C13H25NO/c1-4-5-6-7-12(15)8-9-13(2,3)10-11-14/h4H,1,5-11,14H2,2-3H3. The van der Waals surface area contributed by atoms with Gasteiger partial charge in [0.05, 0.1) is 0 Å². The van der Waals surface area contributed by atoms with Crippen LogP contribution in [0.25, 0.3) is 0 Å². The molecule has 88 valence electrons. The molecule has 0 aromatic carbocycles. The second kappa shape index (κ2) is 7.63. The number of Topliss-reactive ketones (excluding diaryl/α,β-unsaturated/α-hetero) is 1. The number of ketones is 1.